The van der Waals surface area contributed by atoms with Gasteiger partial charge in [0.05, 0.1) is 18.1 Å². The molecule has 5 nitrogen and oxygen atoms in total. The molecule has 1 atom stereocenters. The molecule has 5 heteroatoms. The molecule has 0 radical (unpaired) electrons. The standard InChI is InChI=1S/C14H19NO4/c1-14(2,13(18)19)8-12(17)15-11(9-16)10-6-4-3-5-7-10/h3-7,11,16H,8-9H2,1-2H3,(H,15,17)(H,18,19)/t11-/m1/s1. The van der Waals surface area contributed by atoms with E-state index in [4.69, 9.17) is 5.11 Å². The molecule has 0 bridgehead atoms. The van der Waals surface area contributed by atoms with Crippen LogP contribution in [0.1, 0.15) is 31.9 Å². The van der Waals surface area contributed by atoms with Crippen molar-refractivity contribution in [3.8, 4) is 0 Å². The van der Waals surface area contributed by atoms with Crippen molar-refractivity contribution in [1.82, 2.24) is 5.32 Å². The van der Waals surface area contributed by atoms with Crippen molar-refractivity contribution in [2.75, 3.05) is 6.61 Å². The zero-order valence-corrected chi connectivity index (χ0v) is 11.1. The monoisotopic (exact) mass is 265 g/mol. The summed E-state index contributed by atoms with van der Waals surface area (Å²) in [6, 6.07) is 8.54. The molecule has 0 unspecified atom stereocenters. The largest absolute Gasteiger partial charge is 0.481 e. The Labute approximate surface area is 112 Å². The zero-order valence-electron chi connectivity index (χ0n) is 11.1. The number of carboxylic acid groups (broad SMARTS) is 1. The first-order chi connectivity index (χ1) is 8.86. The van der Waals surface area contributed by atoms with Crippen molar-refractivity contribution in [1.29, 1.82) is 0 Å². The van der Waals surface area contributed by atoms with Crippen LogP contribution >= 0.6 is 0 Å². The van der Waals surface area contributed by atoms with Gasteiger partial charge >= 0.3 is 5.97 Å². The second kappa shape index (κ2) is 6.33. The minimum atomic E-state index is -1.12. The van der Waals surface area contributed by atoms with E-state index in [0.717, 1.165) is 5.56 Å². The topological polar surface area (TPSA) is 86.6 Å². The fourth-order valence-electron chi connectivity index (χ4n) is 1.64. The van der Waals surface area contributed by atoms with E-state index in [1.54, 1.807) is 12.1 Å². The smallest absolute Gasteiger partial charge is 0.309 e. The number of carbonyl (C=O) groups is 2. The zero-order chi connectivity index (χ0) is 14.5. The number of benzene rings is 1. The van der Waals surface area contributed by atoms with Crippen molar-refractivity contribution < 1.29 is 19.8 Å². The summed E-state index contributed by atoms with van der Waals surface area (Å²) in [5, 5.41) is 20.9. The average molecular weight is 265 g/mol. The quantitative estimate of drug-likeness (QED) is 0.724. The molecule has 0 aromatic heterocycles. The molecule has 3 N–H and O–H groups in total. The molecule has 1 aromatic carbocycles. The fraction of sp³-hybridized carbons (Fsp3) is 0.429. The van der Waals surface area contributed by atoms with Crippen LogP contribution in [0.25, 0.3) is 0 Å². The third-order valence-corrected chi connectivity index (χ3v) is 2.90. The Morgan fingerprint density at radius 3 is 2.32 bits per heavy atom. The number of aliphatic carboxylic acids is 1. The lowest BCUT2D eigenvalue weighted by Crippen LogP contribution is -2.36. The van der Waals surface area contributed by atoms with E-state index in [0.29, 0.717) is 0 Å². The van der Waals surface area contributed by atoms with Crippen LogP contribution in [0.2, 0.25) is 0 Å². The number of aliphatic hydroxyl groups excluding tert-OH is 1. The third-order valence-electron chi connectivity index (χ3n) is 2.90. The highest BCUT2D eigenvalue weighted by Crippen LogP contribution is 2.21. The van der Waals surface area contributed by atoms with Gasteiger partial charge in [0.25, 0.3) is 0 Å². The van der Waals surface area contributed by atoms with Gasteiger partial charge in [-0.15, -0.1) is 0 Å². The highest BCUT2D eigenvalue weighted by molar-refractivity contribution is 5.84. The SMILES string of the molecule is CC(C)(CC(=O)N[C@H](CO)c1ccccc1)C(=O)O. The van der Waals surface area contributed by atoms with Gasteiger partial charge in [-0.05, 0) is 19.4 Å². The van der Waals surface area contributed by atoms with Crippen LogP contribution < -0.4 is 5.32 Å². The van der Waals surface area contributed by atoms with E-state index in [2.05, 4.69) is 5.32 Å². The number of hydrogen-bond donors (Lipinski definition) is 3. The van der Waals surface area contributed by atoms with Crippen LogP contribution in [0.5, 0.6) is 0 Å². The van der Waals surface area contributed by atoms with Gasteiger partial charge in [-0.1, -0.05) is 30.3 Å². The lowest BCUT2D eigenvalue weighted by Gasteiger charge is -2.21. The minimum absolute atomic E-state index is 0.133. The first kappa shape index (κ1) is 15.2. The predicted molar refractivity (Wildman–Crippen MR) is 70.4 cm³/mol. The van der Waals surface area contributed by atoms with Gasteiger partial charge in [0.2, 0.25) is 5.91 Å². The maximum atomic E-state index is 11.8. The Morgan fingerprint density at radius 1 is 1.26 bits per heavy atom. The summed E-state index contributed by atoms with van der Waals surface area (Å²) in [5.74, 6) is -1.42. The lowest BCUT2D eigenvalue weighted by molar-refractivity contribution is -0.149. The summed E-state index contributed by atoms with van der Waals surface area (Å²) in [6.45, 7) is 2.75. The maximum absolute atomic E-state index is 11.8. The van der Waals surface area contributed by atoms with Crippen LogP contribution in [0.3, 0.4) is 0 Å². The fourth-order valence-corrected chi connectivity index (χ4v) is 1.64. The molecule has 0 aliphatic carbocycles. The molecule has 0 aliphatic heterocycles. The summed E-state index contributed by atoms with van der Waals surface area (Å²) < 4.78 is 0. The predicted octanol–water partition coefficient (Wildman–Crippen LogP) is 1.34. The summed E-state index contributed by atoms with van der Waals surface area (Å²) in [7, 11) is 0. The van der Waals surface area contributed by atoms with Crippen LogP contribution in [-0.4, -0.2) is 28.7 Å². The molecule has 0 fully saturated rings. The molecule has 1 aromatic rings. The van der Waals surface area contributed by atoms with Crippen LogP contribution in [0.4, 0.5) is 0 Å². The average Bonchev–Trinajstić information content (AvgIpc) is 2.36. The molecule has 19 heavy (non-hydrogen) atoms. The van der Waals surface area contributed by atoms with Gasteiger partial charge in [0, 0.05) is 6.42 Å². The van der Waals surface area contributed by atoms with Crippen molar-refractivity contribution in [3.63, 3.8) is 0 Å². The van der Waals surface area contributed by atoms with Gasteiger partial charge in [-0.25, -0.2) is 0 Å². The molecule has 0 saturated carbocycles. The molecule has 1 amide bonds. The van der Waals surface area contributed by atoms with Crippen molar-refractivity contribution in [2.45, 2.75) is 26.3 Å². The molecule has 104 valence electrons. The van der Waals surface area contributed by atoms with E-state index in [9.17, 15) is 14.7 Å². The summed E-state index contributed by atoms with van der Waals surface area (Å²) in [6.07, 6.45) is -0.133. The van der Waals surface area contributed by atoms with Gasteiger partial charge in [-0.2, -0.15) is 0 Å². The van der Waals surface area contributed by atoms with E-state index in [-0.39, 0.29) is 13.0 Å². The van der Waals surface area contributed by atoms with E-state index in [1.165, 1.54) is 13.8 Å². The molecule has 0 aliphatic rings. The van der Waals surface area contributed by atoms with E-state index >= 15 is 0 Å². The number of nitrogens with one attached hydrogen (secondary N) is 1. The number of carboxylic acids is 1. The first-order valence-electron chi connectivity index (χ1n) is 6.05. The van der Waals surface area contributed by atoms with Crippen LogP contribution in [-0.2, 0) is 9.59 Å². The minimum Gasteiger partial charge on any atom is -0.481 e. The Morgan fingerprint density at radius 2 is 1.84 bits per heavy atom. The highest BCUT2D eigenvalue weighted by Gasteiger charge is 2.30. The number of carbonyl (C=O) groups excluding carboxylic acids is 1. The normalized spacial score (nSPS) is 12.8. The Balaban J connectivity index is 2.67. The van der Waals surface area contributed by atoms with Gasteiger partial charge < -0.3 is 15.5 Å². The van der Waals surface area contributed by atoms with E-state index in [1.807, 2.05) is 18.2 Å². The maximum Gasteiger partial charge on any atom is 0.309 e. The Bertz CT molecular complexity index is 442. The van der Waals surface area contributed by atoms with Gasteiger partial charge in [0.15, 0.2) is 0 Å². The summed E-state index contributed by atoms with van der Waals surface area (Å²) in [5.41, 5.74) is -0.340. The van der Waals surface area contributed by atoms with Gasteiger partial charge in [-0.3, -0.25) is 9.59 Å². The summed E-state index contributed by atoms with van der Waals surface area (Å²) in [4.78, 5) is 22.8. The molecular formula is C14H19NO4. The second-order valence-electron chi connectivity index (χ2n) is 5.08. The Hall–Kier alpha value is -1.88. The lowest BCUT2D eigenvalue weighted by atomic mass is 9.89. The van der Waals surface area contributed by atoms with Crippen molar-refractivity contribution in [2.24, 2.45) is 5.41 Å². The number of rotatable bonds is 6. The molecule has 0 heterocycles. The highest BCUT2D eigenvalue weighted by atomic mass is 16.4. The van der Waals surface area contributed by atoms with Crippen molar-refractivity contribution in [3.05, 3.63) is 35.9 Å². The summed E-state index contributed by atoms with van der Waals surface area (Å²) >= 11 is 0. The number of hydrogen-bond acceptors (Lipinski definition) is 3. The van der Waals surface area contributed by atoms with Crippen LogP contribution in [0, 0.1) is 5.41 Å². The Kier molecular flexibility index (Phi) is 5.06. The van der Waals surface area contributed by atoms with Crippen molar-refractivity contribution >= 4 is 11.9 Å². The number of amides is 1. The molecule has 0 spiro atoms. The molecule has 0 saturated heterocycles. The first-order valence-corrected chi connectivity index (χ1v) is 6.05. The number of aliphatic hydroxyl groups is 1. The second-order valence-corrected chi connectivity index (χ2v) is 5.08. The van der Waals surface area contributed by atoms with E-state index < -0.39 is 23.3 Å². The molecular weight excluding hydrogens is 246 g/mol. The third kappa shape index (κ3) is 4.37. The van der Waals surface area contributed by atoms with Gasteiger partial charge in [0.1, 0.15) is 0 Å². The molecule has 1 rings (SSSR count). The van der Waals surface area contributed by atoms with Crippen LogP contribution in [0.15, 0.2) is 30.3 Å².